The quantitative estimate of drug-likeness (QED) is 0.918. The Hall–Kier alpha value is -0.650. The van der Waals surface area contributed by atoms with Crippen molar-refractivity contribution in [3.63, 3.8) is 0 Å². The highest BCUT2D eigenvalue weighted by atomic mass is 35.5. The van der Waals surface area contributed by atoms with Crippen LogP contribution in [0.15, 0.2) is 4.52 Å². The number of hydrogen-bond donors (Lipinski definition) is 1. The Morgan fingerprint density at radius 2 is 2.26 bits per heavy atom. The Labute approximate surface area is 120 Å². The van der Waals surface area contributed by atoms with E-state index in [4.69, 9.17) is 4.52 Å². The van der Waals surface area contributed by atoms with Gasteiger partial charge in [-0.1, -0.05) is 19.0 Å². The zero-order valence-corrected chi connectivity index (χ0v) is 12.4. The molecule has 0 bridgehead atoms. The summed E-state index contributed by atoms with van der Waals surface area (Å²) < 4.78 is 5.32. The van der Waals surface area contributed by atoms with Gasteiger partial charge in [0.05, 0.1) is 6.54 Å². The largest absolute Gasteiger partial charge is 0.338 e. The monoisotopic (exact) mass is 286 g/mol. The normalized spacial score (nSPS) is 27.3. The molecule has 0 aliphatic carbocycles. The number of nitrogens with one attached hydrogen (secondary N) is 1. The minimum Gasteiger partial charge on any atom is -0.338 e. The van der Waals surface area contributed by atoms with Crippen LogP contribution in [0, 0.1) is 5.92 Å². The van der Waals surface area contributed by atoms with Crippen molar-refractivity contribution in [2.24, 2.45) is 5.92 Å². The number of fused-ring (bicyclic) bond motifs is 1. The van der Waals surface area contributed by atoms with Crippen molar-refractivity contribution in [2.45, 2.75) is 45.2 Å². The summed E-state index contributed by atoms with van der Waals surface area (Å²) in [5, 5.41) is 7.61. The van der Waals surface area contributed by atoms with Crippen molar-refractivity contribution in [1.82, 2.24) is 20.4 Å². The number of rotatable bonds is 3. The Morgan fingerprint density at radius 3 is 3.00 bits per heavy atom. The van der Waals surface area contributed by atoms with Gasteiger partial charge in [0.25, 0.3) is 0 Å². The Balaban J connectivity index is 0.00000133. The van der Waals surface area contributed by atoms with Crippen LogP contribution in [-0.2, 0) is 6.54 Å². The summed E-state index contributed by atoms with van der Waals surface area (Å²) in [6.07, 6.45) is 2.55. The minimum atomic E-state index is 0. The molecule has 0 saturated carbocycles. The molecule has 0 radical (unpaired) electrons. The maximum atomic E-state index is 5.32. The molecule has 0 aromatic carbocycles. The van der Waals surface area contributed by atoms with E-state index in [2.05, 4.69) is 34.2 Å². The van der Waals surface area contributed by atoms with Crippen molar-refractivity contribution >= 4 is 12.4 Å². The number of likely N-dealkylation sites (tertiary alicyclic amines) is 1. The standard InChI is InChI=1S/C13H22N4O.ClH/c1-9(2)13-15-12(18-16-13)8-17-6-4-11-10(7-17)3-5-14-11;/h9-11,14H,3-8H2,1-2H3;1H. The molecule has 2 fully saturated rings. The molecule has 0 spiro atoms. The van der Waals surface area contributed by atoms with Crippen LogP contribution < -0.4 is 5.32 Å². The van der Waals surface area contributed by atoms with Gasteiger partial charge in [0, 0.05) is 25.0 Å². The molecule has 2 saturated heterocycles. The third kappa shape index (κ3) is 3.27. The molecular weight excluding hydrogens is 264 g/mol. The Kier molecular flexibility index (Phi) is 4.81. The Morgan fingerprint density at radius 1 is 1.42 bits per heavy atom. The van der Waals surface area contributed by atoms with Crippen molar-refractivity contribution in [2.75, 3.05) is 19.6 Å². The second-order valence-corrected chi connectivity index (χ2v) is 5.83. The first-order chi connectivity index (χ1) is 8.72. The van der Waals surface area contributed by atoms with Crippen LogP contribution >= 0.6 is 12.4 Å². The van der Waals surface area contributed by atoms with Crippen molar-refractivity contribution in [3.05, 3.63) is 11.7 Å². The van der Waals surface area contributed by atoms with Crippen molar-refractivity contribution < 1.29 is 4.52 Å². The lowest BCUT2D eigenvalue weighted by Crippen LogP contribution is -2.43. The molecule has 1 aromatic rings. The summed E-state index contributed by atoms with van der Waals surface area (Å²) in [5.41, 5.74) is 0. The predicted octanol–water partition coefficient (Wildman–Crippen LogP) is 1.80. The fourth-order valence-electron chi connectivity index (χ4n) is 3.02. The molecule has 2 aliphatic rings. The van der Waals surface area contributed by atoms with Crippen LogP contribution in [0.4, 0.5) is 0 Å². The van der Waals surface area contributed by atoms with E-state index >= 15 is 0 Å². The molecule has 1 aromatic heterocycles. The second-order valence-electron chi connectivity index (χ2n) is 5.83. The van der Waals surface area contributed by atoms with Crippen LogP contribution in [0.5, 0.6) is 0 Å². The maximum Gasteiger partial charge on any atom is 0.240 e. The summed E-state index contributed by atoms with van der Waals surface area (Å²) in [5.74, 6) is 2.74. The summed E-state index contributed by atoms with van der Waals surface area (Å²) in [6.45, 7) is 8.46. The lowest BCUT2D eigenvalue weighted by atomic mass is 9.93. The smallest absolute Gasteiger partial charge is 0.240 e. The molecule has 0 amide bonds. The van der Waals surface area contributed by atoms with E-state index in [9.17, 15) is 0 Å². The fourth-order valence-corrected chi connectivity index (χ4v) is 3.02. The number of nitrogens with zero attached hydrogens (tertiary/aromatic N) is 3. The number of piperidine rings is 1. The molecule has 3 heterocycles. The first-order valence-corrected chi connectivity index (χ1v) is 7.00. The van der Waals surface area contributed by atoms with Gasteiger partial charge in [-0.2, -0.15) is 4.98 Å². The van der Waals surface area contributed by atoms with Gasteiger partial charge >= 0.3 is 0 Å². The van der Waals surface area contributed by atoms with Crippen LogP contribution in [0.25, 0.3) is 0 Å². The van der Waals surface area contributed by atoms with Crippen molar-refractivity contribution in [3.8, 4) is 0 Å². The molecule has 1 N–H and O–H groups in total. The molecule has 3 rings (SSSR count). The SMILES string of the molecule is CC(C)c1noc(CN2CCC3NCCC3C2)n1.Cl. The number of hydrogen-bond acceptors (Lipinski definition) is 5. The third-order valence-electron chi connectivity index (χ3n) is 4.10. The van der Waals surface area contributed by atoms with Crippen LogP contribution in [-0.4, -0.2) is 40.7 Å². The highest BCUT2D eigenvalue weighted by molar-refractivity contribution is 5.85. The van der Waals surface area contributed by atoms with Gasteiger partial charge < -0.3 is 9.84 Å². The average molecular weight is 287 g/mol. The number of halogens is 1. The van der Waals surface area contributed by atoms with Gasteiger partial charge in [-0.25, -0.2) is 0 Å². The topological polar surface area (TPSA) is 54.2 Å². The molecule has 19 heavy (non-hydrogen) atoms. The van der Waals surface area contributed by atoms with Gasteiger partial charge in [0.15, 0.2) is 5.82 Å². The summed E-state index contributed by atoms with van der Waals surface area (Å²) >= 11 is 0. The first-order valence-electron chi connectivity index (χ1n) is 7.00. The molecular formula is C13H23ClN4O. The van der Waals surface area contributed by atoms with E-state index in [1.807, 2.05) is 0 Å². The zero-order valence-electron chi connectivity index (χ0n) is 11.6. The number of aromatic nitrogens is 2. The van der Waals surface area contributed by atoms with E-state index in [0.717, 1.165) is 43.3 Å². The van der Waals surface area contributed by atoms with E-state index in [1.54, 1.807) is 0 Å². The molecule has 5 nitrogen and oxygen atoms in total. The second kappa shape index (κ2) is 6.20. The predicted molar refractivity (Wildman–Crippen MR) is 75.4 cm³/mol. The molecule has 2 unspecified atom stereocenters. The third-order valence-corrected chi connectivity index (χ3v) is 4.10. The Bertz CT molecular complexity index is 409. The van der Waals surface area contributed by atoms with Gasteiger partial charge in [0.2, 0.25) is 5.89 Å². The molecule has 6 heteroatoms. The van der Waals surface area contributed by atoms with Gasteiger partial charge in [-0.05, 0) is 25.3 Å². The lowest BCUT2D eigenvalue weighted by molar-refractivity contribution is 0.140. The van der Waals surface area contributed by atoms with E-state index in [0.29, 0.717) is 5.92 Å². The summed E-state index contributed by atoms with van der Waals surface area (Å²) in [6, 6.07) is 0.746. The molecule has 2 atom stereocenters. The summed E-state index contributed by atoms with van der Waals surface area (Å²) in [4.78, 5) is 6.90. The highest BCUT2D eigenvalue weighted by Gasteiger charge is 2.32. The van der Waals surface area contributed by atoms with E-state index in [1.165, 1.54) is 19.4 Å². The highest BCUT2D eigenvalue weighted by Crippen LogP contribution is 2.25. The van der Waals surface area contributed by atoms with Gasteiger partial charge in [0.1, 0.15) is 0 Å². The van der Waals surface area contributed by atoms with Crippen LogP contribution in [0.1, 0.15) is 44.3 Å². The first kappa shape index (κ1) is 14.8. The lowest BCUT2D eigenvalue weighted by Gasteiger charge is -2.33. The van der Waals surface area contributed by atoms with E-state index in [-0.39, 0.29) is 12.4 Å². The van der Waals surface area contributed by atoms with Crippen LogP contribution in [0.3, 0.4) is 0 Å². The minimum absolute atomic E-state index is 0. The van der Waals surface area contributed by atoms with Crippen LogP contribution in [0.2, 0.25) is 0 Å². The van der Waals surface area contributed by atoms with E-state index < -0.39 is 0 Å². The zero-order chi connectivity index (χ0) is 12.5. The average Bonchev–Trinajstić information content (AvgIpc) is 2.96. The summed E-state index contributed by atoms with van der Waals surface area (Å²) in [7, 11) is 0. The fraction of sp³-hybridized carbons (Fsp3) is 0.846. The van der Waals surface area contributed by atoms with Gasteiger partial charge in [-0.15, -0.1) is 12.4 Å². The molecule has 108 valence electrons. The maximum absolute atomic E-state index is 5.32. The van der Waals surface area contributed by atoms with Gasteiger partial charge in [-0.3, -0.25) is 4.90 Å². The molecule has 2 aliphatic heterocycles. The van der Waals surface area contributed by atoms with Crippen molar-refractivity contribution in [1.29, 1.82) is 0 Å².